The van der Waals surface area contributed by atoms with E-state index in [2.05, 4.69) is 49.3 Å². The van der Waals surface area contributed by atoms with E-state index >= 15 is 0 Å². The predicted molar refractivity (Wildman–Crippen MR) is 85.8 cm³/mol. The summed E-state index contributed by atoms with van der Waals surface area (Å²) in [6, 6.07) is 8.16. The number of hydrogen-bond donors (Lipinski definition) is 2. The zero-order valence-corrected chi connectivity index (χ0v) is 13.4. The SMILES string of the molecule is COC[C@H](C)NC(=O)c1cc2ccc(C(C)(C)C)cc2[nH]1. The van der Waals surface area contributed by atoms with E-state index in [1.165, 1.54) is 5.56 Å². The van der Waals surface area contributed by atoms with Crippen molar-refractivity contribution < 1.29 is 9.53 Å². The molecule has 1 aromatic carbocycles. The number of hydrogen-bond acceptors (Lipinski definition) is 2. The summed E-state index contributed by atoms with van der Waals surface area (Å²) in [7, 11) is 1.62. The number of fused-ring (bicyclic) bond motifs is 1. The molecule has 0 unspecified atom stereocenters. The highest BCUT2D eigenvalue weighted by atomic mass is 16.5. The third-order valence-corrected chi connectivity index (χ3v) is 3.53. The van der Waals surface area contributed by atoms with E-state index in [-0.39, 0.29) is 17.4 Å². The van der Waals surface area contributed by atoms with Crippen LogP contribution in [-0.2, 0) is 10.2 Å². The van der Waals surface area contributed by atoms with Crippen LogP contribution >= 0.6 is 0 Å². The maximum atomic E-state index is 12.2. The Balaban J connectivity index is 2.24. The van der Waals surface area contributed by atoms with Crippen LogP contribution in [-0.4, -0.2) is 30.6 Å². The van der Waals surface area contributed by atoms with Crippen LogP contribution in [0.2, 0.25) is 0 Å². The van der Waals surface area contributed by atoms with Gasteiger partial charge >= 0.3 is 0 Å². The molecule has 2 rings (SSSR count). The van der Waals surface area contributed by atoms with Crippen LogP contribution in [0.4, 0.5) is 0 Å². The molecule has 1 heterocycles. The zero-order chi connectivity index (χ0) is 15.6. The molecule has 0 aliphatic carbocycles. The number of carbonyl (C=O) groups is 1. The number of methoxy groups -OCH3 is 1. The van der Waals surface area contributed by atoms with Gasteiger partial charge in [0.2, 0.25) is 0 Å². The van der Waals surface area contributed by atoms with Crippen LogP contribution in [0.5, 0.6) is 0 Å². The van der Waals surface area contributed by atoms with E-state index in [0.29, 0.717) is 12.3 Å². The first kappa shape index (κ1) is 15.6. The smallest absolute Gasteiger partial charge is 0.268 e. The molecule has 0 spiro atoms. The highest BCUT2D eigenvalue weighted by Crippen LogP contribution is 2.26. The minimum absolute atomic E-state index is 0.0148. The van der Waals surface area contributed by atoms with Crippen LogP contribution < -0.4 is 5.32 Å². The van der Waals surface area contributed by atoms with Crippen LogP contribution in [0.3, 0.4) is 0 Å². The normalized spacial score (nSPS) is 13.4. The van der Waals surface area contributed by atoms with E-state index < -0.39 is 0 Å². The Hall–Kier alpha value is -1.81. The van der Waals surface area contributed by atoms with Gasteiger partial charge in [0.25, 0.3) is 5.91 Å². The van der Waals surface area contributed by atoms with Crippen molar-refractivity contribution in [3.05, 3.63) is 35.5 Å². The van der Waals surface area contributed by atoms with Crippen molar-refractivity contribution in [3.63, 3.8) is 0 Å². The first-order valence-electron chi connectivity index (χ1n) is 7.24. The summed E-state index contributed by atoms with van der Waals surface area (Å²) in [4.78, 5) is 15.4. The van der Waals surface area contributed by atoms with Crippen molar-refractivity contribution in [2.45, 2.75) is 39.2 Å². The second-order valence-corrected chi connectivity index (χ2v) is 6.56. The lowest BCUT2D eigenvalue weighted by molar-refractivity contribution is 0.0901. The van der Waals surface area contributed by atoms with Gasteiger partial charge in [-0.3, -0.25) is 4.79 Å². The fourth-order valence-electron chi connectivity index (χ4n) is 2.31. The quantitative estimate of drug-likeness (QED) is 0.907. The Kier molecular flexibility index (Phi) is 4.37. The summed E-state index contributed by atoms with van der Waals surface area (Å²) in [5, 5.41) is 3.96. The minimum atomic E-state index is -0.104. The van der Waals surface area contributed by atoms with Gasteiger partial charge in [-0.15, -0.1) is 0 Å². The molecule has 2 N–H and O–H groups in total. The van der Waals surface area contributed by atoms with Gasteiger partial charge in [-0.05, 0) is 30.0 Å². The first-order chi connectivity index (χ1) is 9.81. The molecule has 114 valence electrons. The molecule has 1 atom stereocenters. The third kappa shape index (κ3) is 3.64. The summed E-state index contributed by atoms with van der Waals surface area (Å²) in [5.74, 6) is -0.104. The Morgan fingerprint density at radius 3 is 2.67 bits per heavy atom. The molecule has 4 heteroatoms. The van der Waals surface area contributed by atoms with Crippen molar-refractivity contribution >= 4 is 16.8 Å². The second kappa shape index (κ2) is 5.90. The molecule has 1 aromatic heterocycles. The topological polar surface area (TPSA) is 54.1 Å². The average molecular weight is 288 g/mol. The number of rotatable bonds is 4. The number of ether oxygens (including phenoxy) is 1. The van der Waals surface area contributed by atoms with Crippen LogP contribution in [0, 0.1) is 0 Å². The number of aromatic amines is 1. The van der Waals surface area contributed by atoms with Gasteiger partial charge in [-0.1, -0.05) is 32.9 Å². The van der Waals surface area contributed by atoms with Gasteiger partial charge in [0, 0.05) is 24.1 Å². The molecule has 0 aliphatic heterocycles. The molecule has 0 saturated carbocycles. The molecule has 0 saturated heterocycles. The van der Waals surface area contributed by atoms with Crippen molar-refractivity contribution in [1.29, 1.82) is 0 Å². The summed E-state index contributed by atoms with van der Waals surface area (Å²) >= 11 is 0. The van der Waals surface area contributed by atoms with E-state index in [1.807, 2.05) is 13.0 Å². The summed E-state index contributed by atoms with van der Waals surface area (Å²) < 4.78 is 5.03. The zero-order valence-electron chi connectivity index (χ0n) is 13.4. The van der Waals surface area contributed by atoms with Gasteiger partial charge in [0.1, 0.15) is 5.69 Å². The standard InChI is InChI=1S/C17H24N2O2/c1-11(10-21-5)18-16(20)15-8-12-6-7-13(17(2,3)4)9-14(12)19-15/h6-9,11,19H,10H2,1-5H3,(H,18,20)/t11-/m0/s1. The van der Waals surface area contributed by atoms with Crippen LogP contribution in [0.1, 0.15) is 43.7 Å². The Labute approximate surface area is 125 Å². The van der Waals surface area contributed by atoms with E-state index in [1.54, 1.807) is 7.11 Å². The number of carbonyl (C=O) groups excluding carboxylic acids is 1. The summed E-state index contributed by atoms with van der Waals surface area (Å²) in [6.45, 7) is 8.95. The lowest BCUT2D eigenvalue weighted by atomic mass is 9.87. The van der Waals surface area contributed by atoms with Gasteiger partial charge in [0.05, 0.1) is 6.61 Å². The number of nitrogens with one attached hydrogen (secondary N) is 2. The average Bonchev–Trinajstić information content (AvgIpc) is 2.80. The monoisotopic (exact) mass is 288 g/mol. The van der Waals surface area contributed by atoms with Crippen molar-refractivity contribution in [2.24, 2.45) is 0 Å². The Bertz CT molecular complexity index is 638. The third-order valence-electron chi connectivity index (χ3n) is 3.53. The lowest BCUT2D eigenvalue weighted by Gasteiger charge is -2.18. The van der Waals surface area contributed by atoms with Crippen LogP contribution in [0.15, 0.2) is 24.3 Å². The Morgan fingerprint density at radius 2 is 2.05 bits per heavy atom. The molecule has 0 aliphatic rings. The Morgan fingerprint density at radius 1 is 1.33 bits per heavy atom. The van der Waals surface area contributed by atoms with Crippen LogP contribution in [0.25, 0.3) is 10.9 Å². The molecular weight excluding hydrogens is 264 g/mol. The molecule has 0 radical (unpaired) electrons. The summed E-state index contributed by atoms with van der Waals surface area (Å²) in [5.41, 5.74) is 2.91. The van der Waals surface area contributed by atoms with E-state index in [0.717, 1.165) is 10.9 Å². The predicted octanol–water partition coefficient (Wildman–Crippen LogP) is 3.23. The van der Waals surface area contributed by atoms with E-state index in [4.69, 9.17) is 4.74 Å². The molecule has 4 nitrogen and oxygen atoms in total. The number of H-pyrrole nitrogens is 1. The molecule has 21 heavy (non-hydrogen) atoms. The fourth-order valence-corrected chi connectivity index (χ4v) is 2.31. The highest BCUT2D eigenvalue weighted by molar-refractivity contribution is 5.98. The van der Waals surface area contributed by atoms with Crippen molar-refractivity contribution in [2.75, 3.05) is 13.7 Å². The number of aromatic nitrogens is 1. The van der Waals surface area contributed by atoms with Crippen molar-refractivity contribution in [1.82, 2.24) is 10.3 Å². The second-order valence-electron chi connectivity index (χ2n) is 6.56. The minimum Gasteiger partial charge on any atom is -0.383 e. The molecule has 0 bridgehead atoms. The first-order valence-corrected chi connectivity index (χ1v) is 7.24. The molecular formula is C17H24N2O2. The molecule has 2 aromatic rings. The summed E-state index contributed by atoms with van der Waals surface area (Å²) in [6.07, 6.45) is 0. The van der Waals surface area contributed by atoms with Crippen molar-refractivity contribution in [3.8, 4) is 0 Å². The molecule has 0 fully saturated rings. The highest BCUT2D eigenvalue weighted by Gasteiger charge is 2.16. The largest absolute Gasteiger partial charge is 0.383 e. The number of benzene rings is 1. The maximum absolute atomic E-state index is 12.2. The van der Waals surface area contributed by atoms with Gasteiger partial charge < -0.3 is 15.0 Å². The van der Waals surface area contributed by atoms with Gasteiger partial charge in [0.15, 0.2) is 0 Å². The fraction of sp³-hybridized carbons (Fsp3) is 0.471. The van der Waals surface area contributed by atoms with Gasteiger partial charge in [-0.2, -0.15) is 0 Å². The molecule has 1 amide bonds. The number of amides is 1. The lowest BCUT2D eigenvalue weighted by Crippen LogP contribution is -2.35. The maximum Gasteiger partial charge on any atom is 0.268 e. The van der Waals surface area contributed by atoms with Gasteiger partial charge in [-0.25, -0.2) is 0 Å². The van der Waals surface area contributed by atoms with E-state index in [9.17, 15) is 4.79 Å².